The molecule has 0 radical (unpaired) electrons. The van der Waals surface area contributed by atoms with Gasteiger partial charge in [0.1, 0.15) is 23.7 Å². The molecule has 0 bridgehead atoms. The summed E-state index contributed by atoms with van der Waals surface area (Å²) in [5, 5.41) is 2.86. The van der Waals surface area contributed by atoms with E-state index in [0.29, 0.717) is 6.42 Å². The number of aryl methyl sites for hydroxylation is 2. The summed E-state index contributed by atoms with van der Waals surface area (Å²) >= 11 is 0. The quantitative estimate of drug-likeness (QED) is 0.467. The summed E-state index contributed by atoms with van der Waals surface area (Å²) in [6, 6.07) is 6.04. The van der Waals surface area contributed by atoms with Crippen LogP contribution in [0.1, 0.15) is 90.2 Å². The molecule has 1 saturated heterocycles. The molecule has 1 saturated carbocycles. The number of primary amides is 1. The Labute approximate surface area is 250 Å². The number of amides is 4. The molecule has 1 heterocycles. The first kappa shape index (κ1) is 33.4. The van der Waals surface area contributed by atoms with Gasteiger partial charge in [-0.25, -0.2) is 4.79 Å². The Morgan fingerprint density at radius 3 is 2.10 bits per heavy atom. The molecule has 4 amide bonds. The number of nitrogens with one attached hydrogen (secondary N) is 1. The van der Waals surface area contributed by atoms with Crippen LogP contribution in [-0.4, -0.2) is 77.0 Å². The normalized spacial score (nSPS) is 22.1. The monoisotopic (exact) mass is 585 g/mol. The highest BCUT2D eigenvalue weighted by molar-refractivity contribution is 5.94. The SMILES string of the molecule is C[C@@H](C(=O)NC(C(=O)N1CC(N)CC1C(N)=O)C1CCCCC1)N(C)C(=O)OC(C)(C)C.c1ccc2c(c1)CCCC2. The lowest BCUT2D eigenvalue weighted by Gasteiger charge is -2.35. The Bertz CT molecular complexity index is 1070. The topological polar surface area (TPSA) is 148 Å². The van der Waals surface area contributed by atoms with Crippen molar-refractivity contribution in [3.8, 4) is 0 Å². The third kappa shape index (κ3) is 9.18. The number of nitrogens with two attached hydrogens (primary N) is 2. The zero-order valence-electron chi connectivity index (χ0n) is 26.1. The maximum atomic E-state index is 13.5. The maximum Gasteiger partial charge on any atom is 0.410 e. The van der Waals surface area contributed by atoms with E-state index < -0.39 is 41.6 Å². The van der Waals surface area contributed by atoms with E-state index in [1.807, 2.05) is 0 Å². The molecule has 2 aliphatic carbocycles. The average molecular weight is 586 g/mol. The van der Waals surface area contributed by atoms with Gasteiger partial charge in [-0.05, 0) is 89.7 Å². The molecule has 4 rings (SSSR count). The molecule has 10 heteroatoms. The Balaban J connectivity index is 0.000000401. The number of hydrogen-bond donors (Lipinski definition) is 3. The van der Waals surface area contributed by atoms with Gasteiger partial charge in [-0.2, -0.15) is 0 Å². The van der Waals surface area contributed by atoms with Crippen LogP contribution in [0.15, 0.2) is 24.3 Å². The zero-order chi connectivity index (χ0) is 31.0. The number of fused-ring (bicyclic) bond motifs is 1. The average Bonchev–Trinajstić information content (AvgIpc) is 3.36. The number of carbonyl (C=O) groups is 4. The first-order chi connectivity index (χ1) is 19.8. The molecule has 5 N–H and O–H groups in total. The van der Waals surface area contributed by atoms with Gasteiger partial charge in [-0.3, -0.25) is 19.3 Å². The van der Waals surface area contributed by atoms with Crippen LogP contribution in [0.25, 0.3) is 0 Å². The molecule has 4 atom stereocenters. The van der Waals surface area contributed by atoms with E-state index in [1.54, 1.807) is 38.8 Å². The fourth-order valence-corrected chi connectivity index (χ4v) is 6.03. The summed E-state index contributed by atoms with van der Waals surface area (Å²) in [5.74, 6) is -1.45. The Morgan fingerprint density at radius 2 is 1.57 bits per heavy atom. The van der Waals surface area contributed by atoms with Crippen LogP contribution in [0.2, 0.25) is 0 Å². The van der Waals surface area contributed by atoms with Crippen molar-refractivity contribution in [3.05, 3.63) is 35.4 Å². The molecular weight excluding hydrogens is 534 g/mol. The number of nitrogens with zero attached hydrogens (tertiary/aromatic N) is 2. The second kappa shape index (κ2) is 14.8. The third-order valence-electron chi connectivity index (χ3n) is 8.53. The number of benzene rings is 1. The van der Waals surface area contributed by atoms with Crippen molar-refractivity contribution in [1.82, 2.24) is 15.1 Å². The van der Waals surface area contributed by atoms with Crippen molar-refractivity contribution >= 4 is 23.8 Å². The standard InChI is InChI=1S/C22H39N5O5.C10H12/c1-13(26(5)21(31)32-22(2,3)4)19(29)25-17(14-9-7-6-8-10-14)20(30)27-12-15(23)11-16(27)18(24)28;1-2-6-10-8-4-3-7-9(10)5-1/h13-17H,6-12,23H2,1-5H3,(H2,24,28)(H,25,29);1-2,5-6H,3-4,7-8H2/t13-,15?,16?,17?;/m0./s1. The molecule has 3 unspecified atom stereocenters. The van der Waals surface area contributed by atoms with Gasteiger partial charge in [-0.1, -0.05) is 43.5 Å². The molecule has 3 aliphatic rings. The Kier molecular flexibility index (Phi) is 11.8. The molecule has 0 spiro atoms. The largest absolute Gasteiger partial charge is 0.444 e. The summed E-state index contributed by atoms with van der Waals surface area (Å²) in [6.07, 6.45) is 9.68. The number of rotatable bonds is 6. The first-order valence-electron chi connectivity index (χ1n) is 15.5. The Morgan fingerprint density at radius 1 is 1.00 bits per heavy atom. The van der Waals surface area contributed by atoms with Crippen LogP contribution < -0.4 is 16.8 Å². The first-order valence-corrected chi connectivity index (χ1v) is 15.5. The lowest BCUT2D eigenvalue weighted by Crippen LogP contribution is -2.58. The summed E-state index contributed by atoms with van der Waals surface area (Å²) in [6.45, 7) is 7.05. The van der Waals surface area contributed by atoms with E-state index in [2.05, 4.69) is 29.6 Å². The molecular formula is C32H51N5O5. The van der Waals surface area contributed by atoms with Gasteiger partial charge < -0.3 is 26.4 Å². The van der Waals surface area contributed by atoms with Crippen molar-refractivity contribution in [1.29, 1.82) is 0 Å². The van der Waals surface area contributed by atoms with Gasteiger partial charge in [0.15, 0.2) is 0 Å². The van der Waals surface area contributed by atoms with E-state index in [9.17, 15) is 19.2 Å². The summed E-state index contributed by atoms with van der Waals surface area (Å²) in [4.78, 5) is 53.4. The number of hydrogen-bond acceptors (Lipinski definition) is 6. The number of likely N-dealkylation sites (N-methyl/N-ethyl adjacent to an activating group) is 1. The lowest BCUT2D eigenvalue weighted by molar-refractivity contribution is -0.142. The van der Waals surface area contributed by atoms with E-state index in [-0.39, 0.29) is 24.4 Å². The smallest absolute Gasteiger partial charge is 0.410 e. The Hall–Kier alpha value is -3.14. The molecule has 1 aromatic carbocycles. The number of likely N-dealkylation sites (tertiary alicyclic amines) is 1. The van der Waals surface area contributed by atoms with Crippen LogP contribution >= 0.6 is 0 Å². The van der Waals surface area contributed by atoms with Gasteiger partial charge in [0, 0.05) is 19.6 Å². The van der Waals surface area contributed by atoms with E-state index in [1.165, 1.54) is 42.5 Å². The van der Waals surface area contributed by atoms with Crippen LogP contribution in [-0.2, 0) is 32.0 Å². The van der Waals surface area contributed by atoms with Crippen molar-refractivity contribution in [2.45, 2.75) is 122 Å². The van der Waals surface area contributed by atoms with E-state index in [0.717, 1.165) is 32.1 Å². The van der Waals surface area contributed by atoms with Gasteiger partial charge >= 0.3 is 6.09 Å². The highest BCUT2D eigenvalue weighted by atomic mass is 16.6. The number of carbonyl (C=O) groups excluding carboxylic acids is 4. The van der Waals surface area contributed by atoms with Crippen LogP contribution in [0.3, 0.4) is 0 Å². The molecule has 234 valence electrons. The zero-order valence-corrected chi connectivity index (χ0v) is 26.1. The minimum Gasteiger partial charge on any atom is -0.444 e. The molecule has 2 fully saturated rings. The predicted molar refractivity (Wildman–Crippen MR) is 162 cm³/mol. The van der Waals surface area contributed by atoms with Gasteiger partial charge in [-0.15, -0.1) is 0 Å². The molecule has 1 aliphatic heterocycles. The summed E-state index contributed by atoms with van der Waals surface area (Å²) < 4.78 is 5.34. The molecule has 1 aromatic rings. The van der Waals surface area contributed by atoms with Crippen LogP contribution in [0.4, 0.5) is 4.79 Å². The second-order valence-electron chi connectivity index (χ2n) is 13.0. The van der Waals surface area contributed by atoms with Crippen LogP contribution in [0.5, 0.6) is 0 Å². The van der Waals surface area contributed by atoms with Crippen molar-refractivity contribution in [2.24, 2.45) is 17.4 Å². The van der Waals surface area contributed by atoms with Crippen LogP contribution in [0, 0.1) is 5.92 Å². The van der Waals surface area contributed by atoms with Gasteiger partial charge in [0.05, 0.1) is 0 Å². The third-order valence-corrected chi connectivity index (χ3v) is 8.53. The minimum absolute atomic E-state index is 0.0513. The molecule has 0 aromatic heterocycles. The minimum atomic E-state index is -0.850. The van der Waals surface area contributed by atoms with Crippen molar-refractivity contribution in [2.75, 3.05) is 13.6 Å². The van der Waals surface area contributed by atoms with E-state index >= 15 is 0 Å². The highest BCUT2D eigenvalue weighted by Gasteiger charge is 2.43. The summed E-state index contributed by atoms with van der Waals surface area (Å²) in [7, 11) is 1.48. The van der Waals surface area contributed by atoms with Gasteiger partial charge in [0.25, 0.3) is 0 Å². The van der Waals surface area contributed by atoms with Crippen molar-refractivity contribution < 1.29 is 23.9 Å². The maximum absolute atomic E-state index is 13.5. The number of ether oxygens (including phenoxy) is 1. The summed E-state index contributed by atoms with van der Waals surface area (Å²) in [5.41, 5.74) is 14.0. The van der Waals surface area contributed by atoms with Gasteiger partial charge in [0.2, 0.25) is 17.7 Å². The lowest BCUT2D eigenvalue weighted by atomic mass is 9.83. The highest BCUT2D eigenvalue weighted by Crippen LogP contribution is 2.29. The second-order valence-corrected chi connectivity index (χ2v) is 13.0. The predicted octanol–water partition coefficient (Wildman–Crippen LogP) is 3.29. The molecule has 42 heavy (non-hydrogen) atoms. The molecule has 10 nitrogen and oxygen atoms in total. The fraction of sp³-hybridized carbons (Fsp3) is 0.688. The van der Waals surface area contributed by atoms with Crippen molar-refractivity contribution in [3.63, 3.8) is 0 Å². The fourth-order valence-electron chi connectivity index (χ4n) is 6.03. The van der Waals surface area contributed by atoms with E-state index in [4.69, 9.17) is 16.2 Å².